The summed E-state index contributed by atoms with van der Waals surface area (Å²) in [5, 5.41) is 9.52. The maximum absolute atomic E-state index is 6.43. The van der Waals surface area contributed by atoms with Crippen molar-refractivity contribution < 1.29 is 4.74 Å². The van der Waals surface area contributed by atoms with E-state index in [2.05, 4.69) is 127 Å². The molecule has 0 bridgehead atoms. The van der Waals surface area contributed by atoms with E-state index < -0.39 is 0 Å². The summed E-state index contributed by atoms with van der Waals surface area (Å²) in [4.78, 5) is 10.5. The van der Waals surface area contributed by atoms with Gasteiger partial charge < -0.3 is 4.74 Å². The van der Waals surface area contributed by atoms with Crippen LogP contribution in [0.4, 0.5) is 0 Å². The highest BCUT2D eigenvalue weighted by molar-refractivity contribution is 6.20. The number of rotatable bonds is 3. The Morgan fingerprint density at radius 3 is 2.02 bits per heavy atom. The Balaban J connectivity index is 1.26. The monoisotopic (exact) mass is 598 g/mol. The fourth-order valence-electron chi connectivity index (χ4n) is 7.26. The summed E-state index contributed by atoms with van der Waals surface area (Å²) in [6, 6.07) is 55.5. The zero-order valence-corrected chi connectivity index (χ0v) is 25.3. The molecule has 0 amide bonds. The van der Waals surface area contributed by atoms with Gasteiger partial charge in [0.15, 0.2) is 5.82 Å². The summed E-state index contributed by atoms with van der Waals surface area (Å²) in [5.74, 6) is 2.44. The first-order valence-corrected chi connectivity index (χ1v) is 15.9. The van der Waals surface area contributed by atoms with Crippen molar-refractivity contribution in [1.82, 2.24) is 9.97 Å². The van der Waals surface area contributed by atoms with Crippen molar-refractivity contribution in [2.24, 2.45) is 0 Å². The summed E-state index contributed by atoms with van der Waals surface area (Å²) >= 11 is 0. The van der Waals surface area contributed by atoms with Crippen LogP contribution >= 0.6 is 0 Å². The van der Waals surface area contributed by atoms with Crippen LogP contribution in [0.15, 0.2) is 158 Å². The first-order valence-electron chi connectivity index (χ1n) is 15.9. The van der Waals surface area contributed by atoms with Gasteiger partial charge in [0.05, 0.1) is 11.4 Å². The van der Waals surface area contributed by atoms with Gasteiger partial charge in [-0.05, 0) is 79.7 Å². The van der Waals surface area contributed by atoms with Crippen molar-refractivity contribution in [3.05, 3.63) is 158 Å². The smallest absolute Gasteiger partial charge is 0.160 e. The molecule has 218 valence electrons. The van der Waals surface area contributed by atoms with Crippen molar-refractivity contribution in [1.29, 1.82) is 0 Å². The average Bonchev–Trinajstić information content (AvgIpc) is 3.14. The van der Waals surface area contributed by atoms with Gasteiger partial charge in [-0.15, -0.1) is 0 Å². The summed E-state index contributed by atoms with van der Waals surface area (Å²) in [6.45, 7) is 0. The minimum atomic E-state index is 0.696. The number of benzene rings is 8. The molecule has 0 saturated heterocycles. The molecule has 1 aliphatic heterocycles. The number of ether oxygens (including phenoxy) is 1. The van der Waals surface area contributed by atoms with Gasteiger partial charge in [-0.2, -0.15) is 0 Å². The van der Waals surface area contributed by atoms with Gasteiger partial charge in [0.1, 0.15) is 11.5 Å². The van der Waals surface area contributed by atoms with Crippen molar-refractivity contribution >= 4 is 43.1 Å². The van der Waals surface area contributed by atoms with Crippen LogP contribution in [-0.4, -0.2) is 9.97 Å². The van der Waals surface area contributed by atoms with E-state index in [9.17, 15) is 0 Å². The lowest BCUT2D eigenvalue weighted by Gasteiger charge is -2.22. The lowest BCUT2D eigenvalue weighted by Crippen LogP contribution is -1.99. The summed E-state index contributed by atoms with van der Waals surface area (Å²) in [5.41, 5.74) is 7.10. The minimum Gasteiger partial charge on any atom is -0.456 e. The predicted octanol–water partition coefficient (Wildman–Crippen LogP) is 11.9. The minimum absolute atomic E-state index is 0.696. The van der Waals surface area contributed by atoms with Crippen LogP contribution in [-0.2, 0) is 0 Å². The molecule has 0 unspecified atom stereocenters. The molecule has 10 rings (SSSR count). The second-order valence-electron chi connectivity index (χ2n) is 12.2. The number of fused-ring (bicyclic) bond motifs is 6. The average molecular weight is 599 g/mol. The van der Waals surface area contributed by atoms with Gasteiger partial charge in [-0.3, -0.25) is 0 Å². The molecule has 2 heterocycles. The Morgan fingerprint density at radius 1 is 0.383 bits per heavy atom. The highest BCUT2D eigenvalue weighted by Crippen LogP contribution is 2.48. The molecule has 3 nitrogen and oxygen atoms in total. The normalized spacial score (nSPS) is 12.0. The summed E-state index contributed by atoms with van der Waals surface area (Å²) in [6.07, 6.45) is 0. The van der Waals surface area contributed by atoms with Crippen molar-refractivity contribution in [3.63, 3.8) is 0 Å². The number of hydrogen-bond acceptors (Lipinski definition) is 3. The first-order chi connectivity index (χ1) is 23.3. The Hall–Kier alpha value is -6.32. The van der Waals surface area contributed by atoms with E-state index in [-0.39, 0.29) is 0 Å². The molecular formula is C44H26N2O. The largest absolute Gasteiger partial charge is 0.456 e. The quantitative estimate of drug-likeness (QED) is 0.150. The molecule has 1 aliphatic rings. The number of nitrogens with zero attached hydrogens (tertiary/aromatic N) is 2. The molecule has 9 aromatic rings. The molecular weight excluding hydrogens is 572 g/mol. The van der Waals surface area contributed by atoms with Gasteiger partial charge in [-0.1, -0.05) is 121 Å². The van der Waals surface area contributed by atoms with Gasteiger partial charge in [0.2, 0.25) is 0 Å². The van der Waals surface area contributed by atoms with Crippen LogP contribution in [0.2, 0.25) is 0 Å². The second kappa shape index (κ2) is 10.1. The molecule has 8 aromatic carbocycles. The van der Waals surface area contributed by atoms with E-state index in [1.807, 2.05) is 30.3 Å². The van der Waals surface area contributed by atoms with Crippen LogP contribution in [0.3, 0.4) is 0 Å². The molecule has 3 heteroatoms. The van der Waals surface area contributed by atoms with E-state index in [4.69, 9.17) is 14.7 Å². The molecule has 0 fully saturated rings. The van der Waals surface area contributed by atoms with Gasteiger partial charge in [-0.25, -0.2) is 9.97 Å². The SMILES string of the molecule is c1ccc(-c2nc(-c3ccc4c(c3)-c3cccc5cccc(c35)O4)cc(-c3c4ccccc4cc4c3ccc3ccccc34)n2)cc1. The first kappa shape index (κ1) is 26.0. The second-order valence-corrected chi connectivity index (χ2v) is 12.2. The van der Waals surface area contributed by atoms with Crippen LogP contribution in [0.25, 0.3) is 88.1 Å². The molecule has 0 N–H and O–H groups in total. The lowest BCUT2D eigenvalue weighted by atomic mass is 9.91. The van der Waals surface area contributed by atoms with Crippen molar-refractivity contribution in [2.75, 3.05) is 0 Å². The lowest BCUT2D eigenvalue weighted by molar-refractivity contribution is 0.487. The van der Waals surface area contributed by atoms with Crippen LogP contribution < -0.4 is 4.74 Å². The van der Waals surface area contributed by atoms with Crippen molar-refractivity contribution in [2.45, 2.75) is 0 Å². The topological polar surface area (TPSA) is 35.0 Å². The zero-order chi connectivity index (χ0) is 30.9. The molecule has 47 heavy (non-hydrogen) atoms. The fourth-order valence-corrected chi connectivity index (χ4v) is 7.26. The van der Waals surface area contributed by atoms with Crippen LogP contribution in [0.1, 0.15) is 0 Å². The van der Waals surface area contributed by atoms with E-state index in [1.165, 1.54) is 43.3 Å². The molecule has 0 aliphatic carbocycles. The number of aromatic nitrogens is 2. The third kappa shape index (κ3) is 4.07. The highest BCUT2D eigenvalue weighted by Gasteiger charge is 2.22. The third-order valence-corrected chi connectivity index (χ3v) is 9.44. The molecule has 0 saturated carbocycles. The van der Waals surface area contributed by atoms with Gasteiger partial charge in [0.25, 0.3) is 0 Å². The molecule has 1 aromatic heterocycles. The van der Waals surface area contributed by atoms with E-state index >= 15 is 0 Å². The van der Waals surface area contributed by atoms with Crippen LogP contribution in [0, 0.1) is 0 Å². The summed E-state index contributed by atoms with van der Waals surface area (Å²) in [7, 11) is 0. The molecule has 0 atom stereocenters. The number of hydrogen-bond donors (Lipinski definition) is 0. The third-order valence-electron chi connectivity index (χ3n) is 9.44. The Morgan fingerprint density at radius 2 is 1.13 bits per heavy atom. The van der Waals surface area contributed by atoms with Gasteiger partial charge in [0, 0.05) is 27.6 Å². The Bertz CT molecular complexity index is 2710. The standard InChI is InChI=1S/C44H26N2O/c1-2-11-29(12-3-1)44-45-38(31-21-23-40-37(25-31)34-18-8-14-28-15-9-19-41(47-40)42(28)34)26-39(46-44)43-33-17-7-5-13-30(33)24-36-32-16-6-4-10-27(32)20-22-35(36)43/h1-26H. The van der Waals surface area contributed by atoms with E-state index in [1.54, 1.807) is 0 Å². The zero-order valence-electron chi connectivity index (χ0n) is 25.3. The maximum Gasteiger partial charge on any atom is 0.160 e. The van der Waals surface area contributed by atoms with Crippen molar-refractivity contribution in [3.8, 4) is 56.5 Å². The maximum atomic E-state index is 6.43. The fraction of sp³-hybridized carbons (Fsp3) is 0. The van der Waals surface area contributed by atoms with E-state index in [0.717, 1.165) is 50.5 Å². The Labute approximate surface area is 271 Å². The Kier molecular flexibility index (Phi) is 5.57. The highest BCUT2D eigenvalue weighted by atomic mass is 16.5. The molecule has 0 spiro atoms. The van der Waals surface area contributed by atoms with E-state index in [0.29, 0.717) is 5.82 Å². The molecule has 0 radical (unpaired) electrons. The summed E-state index contributed by atoms with van der Waals surface area (Å²) < 4.78 is 6.43. The van der Waals surface area contributed by atoms with Gasteiger partial charge >= 0.3 is 0 Å². The van der Waals surface area contributed by atoms with Crippen LogP contribution in [0.5, 0.6) is 11.5 Å². The predicted molar refractivity (Wildman–Crippen MR) is 194 cm³/mol.